The summed E-state index contributed by atoms with van der Waals surface area (Å²) in [5.41, 5.74) is 0. The van der Waals surface area contributed by atoms with Gasteiger partial charge in [0.25, 0.3) is 0 Å². The molecule has 516 valence electrons. The third-order valence-electron chi connectivity index (χ3n) is 15.9. The van der Waals surface area contributed by atoms with E-state index in [0.29, 0.717) is 37.5 Å². The number of carbonyl (C=O) groups is 4. The minimum absolute atomic E-state index is 0.102. The summed E-state index contributed by atoms with van der Waals surface area (Å²) in [7, 11) is -9.90. The molecule has 0 aliphatic heterocycles. The molecule has 0 saturated heterocycles. The zero-order valence-electron chi connectivity index (χ0n) is 56.6. The highest BCUT2D eigenvalue weighted by Crippen LogP contribution is 2.45. The van der Waals surface area contributed by atoms with E-state index in [2.05, 4.69) is 55.4 Å². The lowest BCUT2D eigenvalue weighted by Crippen LogP contribution is -2.30. The Balaban J connectivity index is 5.22. The van der Waals surface area contributed by atoms with Gasteiger partial charge in [-0.15, -0.1) is 0 Å². The first-order valence-corrected chi connectivity index (χ1v) is 38.2. The largest absolute Gasteiger partial charge is 0.472 e. The van der Waals surface area contributed by atoms with Gasteiger partial charge in [-0.1, -0.05) is 280 Å². The Kier molecular flexibility index (Phi) is 56.6. The highest BCUT2D eigenvalue weighted by Gasteiger charge is 2.30. The molecule has 17 nitrogen and oxygen atoms in total. The van der Waals surface area contributed by atoms with Crippen LogP contribution in [0.4, 0.5) is 0 Å². The fraction of sp³-hybridized carbons (Fsp3) is 0.941. The van der Waals surface area contributed by atoms with E-state index < -0.39 is 97.5 Å². The van der Waals surface area contributed by atoms with Crippen molar-refractivity contribution in [3.8, 4) is 0 Å². The second kappa shape index (κ2) is 57.9. The second-order valence-corrected chi connectivity index (χ2v) is 29.1. The molecule has 0 saturated carbocycles. The average Bonchev–Trinajstić information content (AvgIpc) is 3.53. The minimum atomic E-state index is -4.95. The Morgan fingerprint density at radius 1 is 0.322 bits per heavy atom. The van der Waals surface area contributed by atoms with Crippen LogP contribution >= 0.6 is 15.6 Å². The van der Waals surface area contributed by atoms with E-state index in [4.69, 9.17) is 37.0 Å². The topological polar surface area (TPSA) is 237 Å². The smallest absolute Gasteiger partial charge is 0.462 e. The van der Waals surface area contributed by atoms with Gasteiger partial charge in [-0.3, -0.25) is 37.3 Å². The molecule has 0 aromatic heterocycles. The van der Waals surface area contributed by atoms with Gasteiger partial charge >= 0.3 is 39.5 Å². The summed E-state index contributed by atoms with van der Waals surface area (Å²) < 4.78 is 68.1. The number of esters is 4. The Labute approximate surface area is 530 Å². The van der Waals surface area contributed by atoms with E-state index in [1.807, 2.05) is 0 Å². The van der Waals surface area contributed by atoms with Crippen molar-refractivity contribution in [2.75, 3.05) is 39.6 Å². The summed E-state index contributed by atoms with van der Waals surface area (Å²) in [6.07, 6.45) is 39.2. The molecule has 0 fully saturated rings. The van der Waals surface area contributed by atoms with E-state index >= 15 is 0 Å². The number of phosphoric ester groups is 2. The molecule has 0 aliphatic carbocycles. The standard InChI is InChI=1S/C68H132O17P2/c1-9-61(8)47-39-31-26-27-33-41-49-66(71)79-55-64(84-67(72)50-42-34-23-17-15-13-11-10-12-14-16-20-28-36-44-58(2)3)57-83-87(76,77)81-53-62(69)52-80-86(74,75)82-56-63(85-68(73)51-43-35-25-19-22-30-38-46-60(6)7)54-78-65(70)48-40-32-24-18-21-29-37-45-59(4)5/h58-64,69H,9-57H2,1-8H3,(H,74,75)(H,76,77)/t61?,62?,63-,64-/m1/s1. The first-order valence-electron chi connectivity index (χ1n) is 35.2. The first-order chi connectivity index (χ1) is 41.6. The minimum Gasteiger partial charge on any atom is -0.462 e. The zero-order chi connectivity index (χ0) is 64.7. The molecular formula is C68H132O17P2. The maximum absolute atomic E-state index is 13.0. The monoisotopic (exact) mass is 1280 g/mol. The average molecular weight is 1280 g/mol. The third-order valence-corrected chi connectivity index (χ3v) is 17.8. The molecule has 0 bridgehead atoms. The normalized spacial score (nSPS) is 14.6. The lowest BCUT2D eigenvalue weighted by atomic mass is 10.00. The molecule has 87 heavy (non-hydrogen) atoms. The highest BCUT2D eigenvalue weighted by atomic mass is 31.2. The van der Waals surface area contributed by atoms with Crippen molar-refractivity contribution >= 4 is 39.5 Å². The predicted octanol–water partition coefficient (Wildman–Crippen LogP) is 18.9. The van der Waals surface area contributed by atoms with Gasteiger partial charge < -0.3 is 33.8 Å². The van der Waals surface area contributed by atoms with Crippen LogP contribution in [-0.2, 0) is 65.4 Å². The van der Waals surface area contributed by atoms with Crippen molar-refractivity contribution in [2.45, 2.75) is 350 Å². The molecule has 0 spiro atoms. The molecule has 0 rings (SSSR count). The Bertz CT molecular complexity index is 1730. The van der Waals surface area contributed by atoms with Crippen LogP contribution in [0.1, 0.15) is 331 Å². The summed E-state index contributed by atoms with van der Waals surface area (Å²) in [5.74, 6) is 0.791. The van der Waals surface area contributed by atoms with Gasteiger partial charge in [0.2, 0.25) is 0 Å². The second-order valence-electron chi connectivity index (χ2n) is 26.2. The lowest BCUT2D eigenvalue weighted by Gasteiger charge is -2.21. The van der Waals surface area contributed by atoms with Crippen molar-refractivity contribution in [3.63, 3.8) is 0 Å². The summed E-state index contributed by atoms with van der Waals surface area (Å²) in [4.78, 5) is 72.4. The van der Waals surface area contributed by atoms with Gasteiger partial charge in [0.05, 0.1) is 26.4 Å². The number of hydrogen-bond donors (Lipinski definition) is 3. The molecule has 0 aromatic carbocycles. The van der Waals surface area contributed by atoms with Crippen LogP contribution in [-0.4, -0.2) is 96.7 Å². The van der Waals surface area contributed by atoms with Gasteiger partial charge in [0.1, 0.15) is 19.3 Å². The van der Waals surface area contributed by atoms with Crippen LogP contribution in [0.2, 0.25) is 0 Å². The quantitative estimate of drug-likeness (QED) is 0.0222. The summed E-state index contributed by atoms with van der Waals surface area (Å²) in [5, 5.41) is 10.6. The van der Waals surface area contributed by atoms with Crippen LogP contribution < -0.4 is 0 Å². The molecule has 0 amide bonds. The predicted molar refractivity (Wildman–Crippen MR) is 349 cm³/mol. The Hall–Kier alpha value is -1.94. The SMILES string of the molecule is CCC(C)CCCCCCCCC(=O)OC[C@H](COP(=O)(O)OCC(O)COP(=O)(O)OC[C@@H](COC(=O)CCCCCCCCCC(C)C)OC(=O)CCCCCCCCCC(C)C)OC(=O)CCCCCCCCCCCCCCCCC(C)C. The van der Waals surface area contributed by atoms with Crippen molar-refractivity contribution < 1.29 is 80.2 Å². The van der Waals surface area contributed by atoms with Crippen LogP contribution in [0, 0.1) is 23.7 Å². The molecular weight excluding hydrogens is 1150 g/mol. The molecule has 6 atom stereocenters. The van der Waals surface area contributed by atoms with E-state index in [9.17, 15) is 43.2 Å². The van der Waals surface area contributed by atoms with Gasteiger partial charge in [-0.05, 0) is 49.4 Å². The summed E-state index contributed by atoms with van der Waals surface area (Å²) >= 11 is 0. The number of hydrogen-bond acceptors (Lipinski definition) is 15. The van der Waals surface area contributed by atoms with E-state index in [0.717, 1.165) is 115 Å². The Morgan fingerprint density at radius 2 is 0.552 bits per heavy atom. The van der Waals surface area contributed by atoms with Crippen molar-refractivity contribution in [1.82, 2.24) is 0 Å². The molecule has 4 unspecified atom stereocenters. The number of aliphatic hydroxyl groups excluding tert-OH is 1. The maximum Gasteiger partial charge on any atom is 0.472 e. The maximum atomic E-state index is 13.0. The number of unbranched alkanes of at least 4 members (excludes halogenated alkanes) is 30. The van der Waals surface area contributed by atoms with Crippen LogP contribution in [0.5, 0.6) is 0 Å². The van der Waals surface area contributed by atoms with E-state index in [1.54, 1.807) is 0 Å². The molecule has 0 aromatic rings. The van der Waals surface area contributed by atoms with Crippen LogP contribution in [0.25, 0.3) is 0 Å². The summed E-state index contributed by atoms with van der Waals surface area (Å²) in [6.45, 7) is 14.0. The van der Waals surface area contributed by atoms with Gasteiger partial charge in [-0.2, -0.15) is 0 Å². The van der Waals surface area contributed by atoms with Crippen LogP contribution in [0.3, 0.4) is 0 Å². The van der Waals surface area contributed by atoms with Crippen molar-refractivity contribution in [3.05, 3.63) is 0 Å². The fourth-order valence-electron chi connectivity index (χ4n) is 10.1. The van der Waals surface area contributed by atoms with Crippen molar-refractivity contribution in [2.24, 2.45) is 23.7 Å². The Morgan fingerprint density at radius 3 is 0.816 bits per heavy atom. The fourth-order valence-corrected chi connectivity index (χ4v) is 11.7. The number of ether oxygens (including phenoxy) is 4. The van der Waals surface area contributed by atoms with E-state index in [-0.39, 0.29) is 25.7 Å². The molecule has 0 aliphatic rings. The lowest BCUT2D eigenvalue weighted by molar-refractivity contribution is -0.161. The summed E-state index contributed by atoms with van der Waals surface area (Å²) in [6, 6.07) is 0. The number of phosphoric acid groups is 2. The molecule has 3 N–H and O–H groups in total. The van der Waals surface area contributed by atoms with Gasteiger partial charge in [0.15, 0.2) is 12.2 Å². The van der Waals surface area contributed by atoms with E-state index in [1.165, 1.54) is 122 Å². The molecule has 0 radical (unpaired) electrons. The van der Waals surface area contributed by atoms with Crippen molar-refractivity contribution in [1.29, 1.82) is 0 Å². The number of carbonyl (C=O) groups excluding carboxylic acids is 4. The van der Waals surface area contributed by atoms with Crippen LogP contribution in [0.15, 0.2) is 0 Å². The van der Waals surface area contributed by atoms with Gasteiger partial charge in [0, 0.05) is 25.7 Å². The van der Waals surface area contributed by atoms with Gasteiger partial charge in [-0.25, -0.2) is 9.13 Å². The first kappa shape index (κ1) is 85.1. The zero-order valence-corrected chi connectivity index (χ0v) is 58.4. The molecule has 0 heterocycles. The molecule has 19 heteroatoms. The number of rotatable bonds is 65. The number of aliphatic hydroxyl groups is 1. The third kappa shape index (κ3) is 61.3. The highest BCUT2D eigenvalue weighted by molar-refractivity contribution is 7.47.